The molecule has 0 aliphatic carbocycles. The van der Waals surface area contributed by atoms with Crippen molar-refractivity contribution >= 4 is 11.8 Å². The fraction of sp³-hybridized carbons (Fsp3) is 0.950. The van der Waals surface area contributed by atoms with Crippen molar-refractivity contribution in [2.75, 3.05) is 39.6 Å². The molecule has 6 fully saturated rings. The van der Waals surface area contributed by atoms with Crippen LogP contribution in [0.3, 0.4) is 0 Å². The van der Waals surface area contributed by atoms with E-state index in [0.717, 1.165) is 13.8 Å². The van der Waals surface area contributed by atoms with E-state index >= 15 is 0 Å². The standard InChI is InChI=1S/C40H68N2O31/c1-9(47)41-17-23(53)32(13(5-45)65-35(17)62)71-36-18(42-10(2)48)24(54)33(14(6-46)68-36)72-40-31(61)34(22(52)16(70-40)8-64-38-29(59)26(56)20(50)12(4-44)67-38)73-39-30(60)27(57)21(51)15(69-39)7-63-37-28(58)25(55)19(49)11(3-43)66-37/h11-40,43-46,49-62H,3-8H2,1-2H3,(H,41,47)(H,42,48)/t11-,12-,13-,14-,15-,16-,17-,18-,19-,20-,21-,22-,23-,24-,25+,26+,27+,28+,29+,30+,31+,32-,33-,34+,35?,36+,37+,38+,39-,40+/m1/s1. The number of hydrogen-bond donors (Lipinski definition) is 20. The molecule has 0 aromatic rings. The average Bonchev–Trinajstić information content (AvgIpc) is 3.35. The summed E-state index contributed by atoms with van der Waals surface area (Å²) in [5, 5.41) is 196. The van der Waals surface area contributed by atoms with Crippen LogP contribution in [0.2, 0.25) is 0 Å². The summed E-state index contributed by atoms with van der Waals surface area (Å²) < 4.78 is 62.3. The first kappa shape index (κ1) is 60.0. The second-order valence-electron chi connectivity index (χ2n) is 18.3. The molecule has 424 valence electrons. The molecular formula is C40H68N2O31. The second kappa shape index (κ2) is 26.0. The smallest absolute Gasteiger partial charge is 0.217 e. The maximum absolute atomic E-state index is 12.6. The number of aliphatic hydroxyl groups is 18. The molecule has 2 amide bonds. The van der Waals surface area contributed by atoms with E-state index in [-0.39, 0.29) is 0 Å². The molecule has 0 spiro atoms. The number of amides is 2. The highest BCUT2D eigenvalue weighted by atomic mass is 16.8. The Kier molecular flexibility index (Phi) is 21.3. The SMILES string of the molecule is CC(=O)N[C@H]1[C@H](O[C@H]2[C@H](O)[C@@H](NC(C)=O)C(O)O[C@@H]2CO)O[C@H](CO)[C@@H](O[C@@H]2O[C@H](CO[C@H]3O[C@H](CO)[C@@H](O)[C@H](O)[C@@H]3O)[C@@H](O)[C@H](O[C@H]3O[C@H](CO[C@H]4O[C@H](CO)[C@@H](O)[C@H](O)[C@@H]4O)[C@@H](O)[C@H](O)[C@@H]3O)[C@@H]2O)[C@@H]1O. The van der Waals surface area contributed by atoms with Gasteiger partial charge in [0.2, 0.25) is 11.8 Å². The van der Waals surface area contributed by atoms with E-state index in [9.17, 15) is 102 Å². The number of nitrogens with one attached hydrogen (secondary N) is 2. The minimum atomic E-state index is -2.29. The van der Waals surface area contributed by atoms with E-state index in [1.54, 1.807) is 0 Å². The Morgan fingerprint density at radius 3 is 1.16 bits per heavy atom. The van der Waals surface area contributed by atoms with Gasteiger partial charge in [0.15, 0.2) is 37.7 Å². The number of hydrogen-bond acceptors (Lipinski definition) is 31. The summed E-state index contributed by atoms with van der Waals surface area (Å²) in [6.45, 7) is -3.32. The number of carbonyl (C=O) groups is 2. The minimum Gasteiger partial charge on any atom is -0.394 e. The highest BCUT2D eigenvalue weighted by Crippen LogP contribution is 2.36. The molecular weight excluding hydrogens is 1000 g/mol. The molecule has 0 aromatic carbocycles. The van der Waals surface area contributed by atoms with Crippen LogP contribution in [0.1, 0.15) is 13.8 Å². The van der Waals surface area contributed by atoms with Crippen LogP contribution in [0, 0.1) is 0 Å². The molecule has 0 saturated carbocycles. The van der Waals surface area contributed by atoms with Crippen LogP contribution in [-0.4, -0.2) is 327 Å². The first-order chi connectivity index (χ1) is 34.5. The molecule has 6 aliphatic heterocycles. The van der Waals surface area contributed by atoms with E-state index in [1.165, 1.54) is 0 Å². The Labute approximate surface area is 413 Å². The van der Waals surface area contributed by atoms with Gasteiger partial charge in [-0.3, -0.25) is 9.59 Å². The van der Waals surface area contributed by atoms with Gasteiger partial charge in [0.05, 0.1) is 39.6 Å². The molecule has 30 atom stereocenters. The fourth-order valence-electron chi connectivity index (χ4n) is 9.11. The fourth-order valence-corrected chi connectivity index (χ4v) is 9.11. The predicted octanol–water partition coefficient (Wildman–Crippen LogP) is -13.8. The van der Waals surface area contributed by atoms with Crippen molar-refractivity contribution in [2.24, 2.45) is 0 Å². The Balaban J connectivity index is 1.25. The normalized spacial score (nSPS) is 49.8. The lowest BCUT2D eigenvalue weighted by atomic mass is 9.94. The molecule has 6 heterocycles. The van der Waals surface area contributed by atoms with E-state index in [1.807, 2.05) is 0 Å². The average molecular weight is 1070 g/mol. The van der Waals surface area contributed by atoms with Gasteiger partial charge in [-0.15, -0.1) is 0 Å². The molecule has 6 rings (SSSR count). The van der Waals surface area contributed by atoms with E-state index in [4.69, 9.17) is 52.1 Å². The highest BCUT2D eigenvalue weighted by molar-refractivity contribution is 5.73. The zero-order valence-electron chi connectivity index (χ0n) is 38.9. The third-order valence-corrected chi connectivity index (χ3v) is 13.2. The van der Waals surface area contributed by atoms with Crippen LogP contribution >= 0.6 is 0 Å². The Morgan fingerprint density at radius 2 is 0.699 bits per heavy atom. The summed E-state index contributed by atoms with van der Waals surface area (Å²) in [4.78, 5) is 24.4. The number of carbonyl (C=O) groups excluding carboxylic acids is 2. The van der Waals surface area contributed by atoms with Gasteiger partial charge in [-0.1, -0.05) is 0 Å². The van der Waals surface area contributed by atoms with Crippen LogP contribution < -0.4 is 10.6 Å². The molecule has 6 saturated heterocycles. The van der Waals surface area contributed by atoms with E-state index in [0.29, 0.717) is 0 Å². The Bertz CT molecular complexity index is 1750. The quantitative estimate of drug-likeness (QED) is 0.0606. The summed E-state index contributed by atoms with van der Waals surface area (Å²) in [5.74, 6) is -1.55. The lowest BCUT2D eigenvalue weighted by Gasteiger charge is -2.50. The van der Waals surface area contributed by atoms with Crippen molar-refractivity contribution in [3.8, 4) is 0 Å². The summed E-state index contributed by atoms with van der Waals surface area (Å²) >= 11 is 0. The molecule has 6 aliphatic rings. The molecule has 0 bridgehead atoms. The minimum absolute atomic E-state index is 0.716. The second-order valence-corrected chi connectivity index (χ2v) is 18.3. The Hall–Kier alpha value is -2.22. The van der Waals surface area contributed by atoms with E-state index < -0.39 is 236 Å². The van der Waals surface area contributed by atoms with Crippen LogP contribution in [0.25, 0.3) is 0 Å². The third-order valence-electron chi connectivity index (χ3n) is 13.2. The molecule has 1 unspecified atom stereocenters. The van der Waals surface area contributed by atoms with Crippen LogP contribution in [-0.2, 0) is 61.7 Å². The lowest BCUT2D eigenvalue weighted by Crippen LogP contribution is -2.70. The zero-order valence-corrected chi connectivity index (χ0v) is 38.9. The van der Waals surface area contributed by atoms with Crippen molar-refractivity contribution in [3.63, 3.8) is 0 Å². The first-order valence-electron chi connectivity index (χ1n) is 23.1. The van der Waals surface area contributed by atoms with Gasteiger partial charge < -0.3 is 155 Å². The van der Waals surface area contributed by atoms with Crippen LogP contribution in [0.15, 0.2) is 0 Å². The van der Waals surface area contributed by atoms with Crippen LogP contribution in [0.4, 0.5) is 0 Å². The summed E-state index contributed by atoms with van der Waals surface area (Å²) in [6.07, 6.45) is -53.1. The number of ether oxygens (including phenoxy) is 11. The van der Waals surface area contributed by atoms with E-state index in [2.05, 4.69) is 10.6 Å². The molecule has 33 heteroatoms. The monoisotopic (exact) mass is 1070 g/mol. The van der Waals surface area contributed by atoms with Gasteiger partial charge in [0.1, 0.15) is 146 Å². The maximum atomic E-state index is 12.6. The van der Waals surface area contributed by atoms with Crippen molar-refractivity contribution in [1.82, 2.24) is 10.6 Å². The van der Waals surface area contributed by atoms with Crippen molar-refractivity contribution < 1.29 is 154 Å². The number of rotatable bonds is 18. The van der Waals surface area contributed by atoms with Gasteiger partial charge >= 0.3 is 0 Å². The summed E-state index contributed by atoms with van der Waals surface area (Å²) in [7, 11) is 0. The number of aliphatic hydroxyl groups excluding tert-OH is 18. The molecule has 0 radical (unpaired) electrons. The van der Waals surface area contributed by atoms with Gasteiger partial charge in [-0.25, -0.2) is 0 Å². The van der Waals surface area contributed by atoms with Gasteiger partial charge in [0.25, 0.3) is 0 Å². The van der Waals surface area contributed by atoms with Crippen molar-refractivity contribution in [3.05, 3.63) is 0 Å². The van der Waals surface area contributed by atoms with Gasteiger partial charge in [0, 0.05) is 13.8 Å². The predicted molar refractivity (Wildman–Crippen MR) is 222 cm³/mol. The molecule has 0 aromatic heterocycles. The van der Waals surface area contributed by atoms with Crippen molar-refractivity contribution in [2.45, 2.75) is 198 Å². The zero-order chi connectivity index (χ0) is 53.9. The largest absolute Gasteiger partial charge is 0.394 e. The van der Waals surface area contributed by atoms with Crippen LogP contribution in [0.5, 0.6) is 0 Å². The molecule has 33 nitrogen and oxygen atoms in total. The third kappa shape index (κ3) is 13.2. The first-order valence-corrected chi connectivity index (χ1v) is 23.1. The Morgan fingerprint density at radius 1 is 0.356 bits per heavy atom. The molecule has 73 heavy (non-hydrogen) atoms. The summed E-state index contributed by atoms with van der Waals surface area (Å²) in [5.41, 5.74) is 0. The maximum Gasteiger partial charge on any atom is 0.217 e. The van der Waals surface area contributed by atoms with Gasteiger partial charge in [-0.05, 0) is 0 Å². The lowest BCUT2D eigenvalue weighted by molar-refractivity contribution is -0.385. The highest BCUT2D eigenvalue weighted by Gasteiger charge is 2.57. The summed E-state index contributed by atoms with van der Waals surface area (Å²) in [6, 6.07) is -3.28. The molecule has 20 N–H and O–H groups in total. The van der Waals surface area contributed by atoms with Crippen molar-refractivity contribution in [1.29, 1.82) is 0 Å². The van der Waals surface area contributed by atoms with Gasteiger partial charge in [-0.2, -0.15) is 0 Å². The topological polar surface area (TPSA) is 524 Å².